The van der Waals surface area contributed by atoms with Gasteiger partial charge in [0.2, 0.25) is 0 Å². The molecule has 20 heavy (non-hydrogen) atoms. The zero-order valence-corrected chi connectivity index (χ0v) is 11.2. The van der Waals surface area contributed by atoms with Crippen LogP contribution in [0.25, 0.3) is 10.9 Å². The lowest BCUT2D eigenvalue weighted by Gasteiger charge is -2.04. The molecule has 1 aromatic heterocycles. The van der Waals surface area contributed by atoms with Crippen LogP contribution in [0.2, 0.25) is 0 Å². The monoisotopic (exact) mass is 265 g/mol. The highest BCUT2D eigenvalue weighted by Gasteiger charge is 2.08. The van der Waals surface area contributed by atoms with E-state index in [1.165, 1.54) is 0 Å². The van der Waals surface area contributed by atoms with Gasteiger partial charge in [0.15, 0.2) is 5.78 Å². The number of carbonyl (C=O) groups is 1. The molecular formula is C17H15NO2. The van der Waals surface area contributed by atoms with Crippen LogP contribution >= 0.6 is 0 Å². The first-order valence-corrected chi connectivity index (χ1v) is 6.49. The van der Waals surface area contributed by atoms with Crippen molar-refractivity contribution in [2.45, 2.75) is 6.42 Å². The highest BCUT2D eigenvalue weighted by molar-refractivity contribution is 5.98. The lowest BCUT2D eigenvalue weighted by molar-refractivity contribution is 0.0992. The molecule has 1 heterocycles. The predicted molar refractivity (Wildman–Crippen MR) is 79.3 cm³/mol. The molecule has 0 fully saturated rings. The van der Waals surface area contributed by atoms with Crippen molar-refractivity contribution in [2.75, 3.05) is 7.11 Å². The Morgan fingerprint density at radius 2 is 2.05 bits per heavy atom. The number of carbonyl (C=O) groups excluding carboxylic acids is 1. The first-order valence-electron chi connectivity index (χ1n) is 6.49. The third-order valence-electron chi connectivity index (χ3n) is 3.37. The van der Waals surface area contributed by atoms with E-state index >= 15 is 0 Å². The average Bonchev–Trinajstić information content (AvgIpc) is 2.95. The largest absolute Gasteiger partial charge is 0.497 e. The number of Topliss-reactive ketones (excluding diaryl/α,β-unsaturated/α-hetero) is 1. The smallest absolute Gasteiger partial charge is 0.167 e. The lowest BCUT2D eigenvalue weighted by atomic mass is 10.0. The molecule has 3 nitrogen and oxygen atoms in total. The molecule has 0 saturated heterocycles. The highest BCUT2D eigenvalue weighted by Crippen LogP contribution is 2.18. The van der Waals surface area contributed by atoms with E-state index < -0.39 is 0 Å². The molecule has 0 aliphatic heterocycles. The number of methoxy groups -OCH3 is 1. The Hall–Kier alpha value is -2.55. The number of ketones is 1. The maximum atomic E-state index is 12.3. The van der Waals surface area contributed by atoms with E-state index in [1.807, 2.05) is 48.7 Å². The molecule has 0 amide bonds. The molecule has 2 aromatic carbocycles. The van der Waals surface area contributed by atoms with E-state index in [1.54, 1.807) is 13.2 Å². The average molecular weight is 265 g/mol. The Labute approximate surface area is 117 Å². The number of nitrogens with one attached hydrogen (secondary N) is 1. The SMILES string of the molecule is COc1cccc(C(=O)Cc2ccc3[nH]ccc3c2)c1. The van der Waals surface area contributed by atoms with Crippen molar-refractivity contribution in [3.05, 3.63) is 65.9 Å². The number of fused-ring (bicyclic) bond motifs is 1. The van der Waals surface area contributed by atoms with E-state index in [-0.39, 0.29) is 5.78 Å². The number of aromatic amines is 1. The van der Waals surface area contributed by atoms with Gasteiger partial charge in [0.1, 0.15) is 5.75 Å². The minimum Gasteiger partial charge on any atom is -0.497 e. The Bertz CT molecular complexity index is 758. The Morgan fingerprint density at radius 3 is 2.90 bits per heavy atom. The minimum atomic E-state index is 0.0961. The van der Waals surface area contributed by atoms with Gasteiger partial charge in [-0.2, -0.15) is 0 Å². The Kier molecular flexibility index (Phi) is 3.25. The molecule has 0 aliphatic carbocycles. The van der Waals surface area contributed by atoms with Crippen LogP contribution in [0.5, 0.6) is 5.75 Å². The second-order valence-corrected chi connectivity index (χ2v) is 4.73. The van der Waals surface area contributed by atoms with E-state index in [4.69, 9.17) is 4.74 Å². The highest BCUT2D eigenvalue weighted by atomic mass is 16.5. The molecular weight excluding hydrogens is 250 g/mol. The van der Waals surface area contributed by atoms with Gasteiger partial charge >= 0.3 is 0 Å². The van der Waals surface area contributed by atoms with Crippen LogP contribution in [0, 0.1) is 0 Å². The van der Waals surface area contributed by atoms with Gasteiger partial charge in [-0.05, 0) is 41.3 Å². The third kappa shape index (κ3) is 2.43. The predicted octanol–water partition coefficient (Wildman–Crippen LogP) is 3.60. The fraction of sp³-hybridized carbons (Fsp3) is 0.118. The quantitative estimate of drug-likeness (QED) is 0.732. The molecule has 0 bridgehead atoms. The van der Waals surface area contributed by atoms with Crippen LogP contribution in [0.3, 0.4) is 0 Å². The number of benzene rings is 2. The van der Waals surface area contributed by atoms with Crippen LogP contribution < -0.4 is 4.74 Å². The van der Waals surface area contributed by atoms with Crippen LogP contribution in [-0.2, 0) is 6.42 Å². The summed E-state index contributed by atoms with van der Waals surface area (Å²) in [6, 6.07) is 15.3. The molecule has 0 radical (unpaired) electrons. The molecule has 3 rings (SSSR count). The molecule has 3 heteroatoms. The van der Waals surface area contributed by atoms with Gasteiger partial charge in [0, 0.05) is 23.7 Å². The summed E-state index contributed by atoms with van der Waals surface area (Å²) >= 11 is 0. The standard InChI is InChI=1S/C17H15NO2/c1-20-15-4-2-3-14(11-15)17(19)10-12-5-6-16-13(9-12)7-8-18-16/h2-9,11,18H,10H2,1H3. The van der Waals surface area contributed by atoms with Crippen molar-refractivity contribution in [1.29, 1.82) is 0 Å². The summed E-state index contributed by atoms with van der Waals surface area (Å²) in [5, 5.41) is 1.13. The molecule has 0 spiro atoms. The van der Waals surface area contributed by atoms with Crippen molar-refractivity contribution in [1.82, 2.24) is 4.98 Å². The zero-order chi connectivity index (χ0) is 13.9. The summed E-state index contributed by atoms with van der Waals surface area (Å²) in [4.78, 5) is 15.4. The number of aromatic nitrogens is 1. The van der Waals surface area contributed by atoms with Crippen molar-refractivity contribution in [3.8, 4) is 5.75 Å². The summed E-state index contributed by atoms with van der Waals surface area (Å²) in [7, 11) is 1.60. The van der Waals surface area contributed by atoms with E-state index in [9.17, 15) is 4.79 Å². The fourth-order valence-corrected chi connectivity index (χ4v) is 2.30. The van der Waals surface area contributed by atoms with Crippen molar-refractivity contribution < 1.29 is 9.53 Å². The summed E-state index contributed by atoms with van der Waals surface area (Å²) in [5.74, 6) is 0.802. The lowest BCUT2D eigenvalue weighted by Crippen LogP contribution is -2.03. The topological polar surface area (TPSA) is 42.1 Å². The maximum Gasteiger partial charge on any atom is 0.167 e. The first-order chi connectivity index (χ1) is 9.76. The minimum absolute atomic E-state index is 0.0961. The second kappa shape index (κ2) is 5.21. The zero-order valence-electron chi connectivity index (χ0n) is 11.2. The number of H-pyrrole nitrogens is 1. The van der Waals surface area contributed by atoms with Crippen LogP contribution in [-0.4, -0.2) is 17.9 Å². The summed E-state index contributed by atoms with van der Waals surface area (Å²) in [5.41, 5.74) is 2.78. The number of hydrogen-bond acceptors (Lipinski definition) is 2. The summed E-state index contributed by atoms with van der Waals surface area (Å²) in [6.45, 7) is 0. The first kappa shape index (κ1) is 12.5. The third-order valence-corrected chi connectivity index (χ3v) is 3.37. The van der Waals surface area contributed by atoms with Crippen molar-refractivity contribution in [2.24, 2.45) is 0 Å². The molecule has 0 saturated carbocycles. The van der Waals surface area contributed by atoms with E-state index in [2.05, 4.69) is 4.98 Å². The summed E-state index contributed by atoms with van der Waals surface area (Å²) < 4.78 is 5.15. The van der Waals surface area contributed by atoms with Gasteiger partial charge in [-0.1, -0.05) is 18.2 Å². The van der Waals surface area contributed by atoms with Crippen LogP contribution in [0.15, 0.2) is 54.7 Å². The van der Waals surface area contributed by atoms with Crippen LogP contribution in [0.4, 0.5) is 0 Å². The van der Waals surface area contributed by atoms with Gasteiger partial charge in [-0.15, -0.1) is 0 Å². The number of rotatable bonds is 4. The number of hydrogen-bond donors (Lipinski definition) is 1. The Morgan fingerprint density at radius 1 is 1.15 bits per heavy atom. The summed E-state index contributed by atoms with van der Waals surface area (Å²) in [6.07, 6.45) is 2.30. The molecule has 0 atom stereocenters. The van der Waals surface area contributed by atoms with Crippen molar-refractivity contribution in [3.63, 3.8) is 0 Å². The van der Waals surface area contributed by atoms with Gasteiger partial charge < -0.3 is 9.72 Å². The van der Waals surface area contributed by atoms with Gasteiger partial charge in [-0.25, -0.2) is 0 Å². The molecule has 100 valence electrons. The van der Waals surface area contributed by atoms with Crippen molar-refractivity contribution >= 4 is 16.7 Å². The molecule has 0 aliphatic rings. The van der Waals surface area contributed by atoms with E-state index in [0.29, 0.717) is 17.7 Å². The van der Waals surface area contributed by atoms with Gasteiger partial charge in [0.25, 0.3) is 0 Å². The second-order valence-electron chi connectivity index (χ2n) is 4.73. The normalized spacial score (nSPS) is 10.7. The fourth-order valence-electron chi connectivity index (χ4n) is 2.30. The molecule has 0 unspecified atom stereocenters. The van der Waals surface area contributed by atoms with Crippen LogP contribution in [0.1, 0.15) is 15.9 Å². The Balaban J connectivity index is 1.83. The van der Waals surface area contributed by atoms with Gasteiger partial charge in [-0.3, -0.25) is 4.79 Å². The maximum absolute atomic E-state index is 12.3. The molecule has 3 aromatic rings. The molecule has 1 N–H and O–H groups in total. The van der Waals surface area contributed by atoms with Gasteiger partial charge in [0.05, 0.1) is 7.11 Å². The number of ether oxygens (including phenoxy) is 1. The van der Waals surface area contributed by atoms with E-state index in [0.717, 1.165) is 16.5 Å².